The summed E-state index contributed by atoms with van der Waals surface area (Å²) in [4.78, 5) is 11.7. The van der Waals surface area contributed by atoms with Crippen LogP contribution < -0.4 is 14.2 Å². The van der Waals surface area contributed by atoms with Crippen molar-refractivity contribution in [1.82, 2.24) is 15.0 Å². The van der Waals surface area contributed by atoms with E-state index in [4.69, 9.17) is 14.2 Å². The highest BCUT2D eigenvalue weighted by Crippen LogP contribution is 2.30. The molecule has 1 aromatic carbocycles. The Morgan fingerprint density at radius 1 is 1.12 bits per heavy atom. The SMILES string of the molecule is COc1ccc2nc(S(=O)Cc3nccc(OC)c3OC)[nH]c2c1. The van der Waals surface area contributed by atoms with Gasteiger partial charge in [-0.2, -0.15) is 0 Å². The molecule has 0 aliphatic heterocycles. The number of imidazole rings is 1. The van der Waals surface area contributed by atoms with Crippen LogP contribution in [0.5, 0.6) is 17.2 Å². The number of H-pyrrole nitrogens is 1. The van der Waals surface area contributed by atoms with Gasteiger partial charge in [0.25, 0.3) is 0 Å². The van der Waals surface area contributed by atoms with Gasteiger partial charge in [0.2, 0.25) is 0 Å². The maximum absolute atomic E-state index is 12.7. The second kappa shape index (κ2) is 6.88. The summed E-state index contributed by atoms with van der Waals surface area (Å²) in [6, 6.07) is 7.13. The van der Waals surface area contributed by atoms with E-state index in [0.29, 0.717) is 28.1 Å². The first-order chi connectivity index (χ1) is 11.7. The first-order valence-electron chi connectivity index (χ1n) is 7.14. The lowest BCUT2D eigenvalue weighted by Crippen LogP contribution is -2.04. The number of methoxy groups -OCH3 is 3. The molecule has 2 heterocycles. The Hall–Kier alpha value is -2.61. The molecule has 0 aliphatic rings. The number of nitrogens with zero attached hydrogens (tertiary/aromatic N) is 2. The zero-order valence-corrected chi connectivity index (χ0v) is 14.3. The van der Waals surface area contributed by atoms with Crippen LogP contribution in [0.1, 0.15) is 5.69 Å². The van der Waals surface area contributed by atoms with Crippen molar-refractivity contribution >= 4 is 21.8 Å². The van der Waals surface area contributed by atoms with Gasteiger partial charge in [-0.3, -0.25) is 9.19 Å². The Labute approximate surface area is 141 Å². The predicted molar refractivity (Wildman–Crippen MR) is 90.1 cm³/mol. The van der Waals surface area contributed by atoms with Gasteiger partial charge in [-0.25, -0.2) is 4.98 Å². The second-order valence-corrected chi connectivity index (χ2v) is 6.27. The van der Waals surface area contributed by atoms with Crippen LogP contribution in [0.25, 0.3) is 11.0 Å². The number of aromatic amines is 1. The third-order valence-corrected chi connectivity index (χ3v) is 4.68. The van der Waals surface area contributed by atoms with Crippen LogP contribution in [-0.4, -0.2) is 40.5 Å². The van der Waals surface area contributed by atoms with Gasteiger partial charge >= 0.3 is 0 Å². The Balaban J connectivity index is 1.90. The molecule has 2 aromatic heterocycles. The fourth-order valence-corrected chi connectivity index (χ4v) is 3.36. The largest absolute Gasteiger partial charge is 0.497 e. The molecule has 0 spiro atoms. The number of hydrogen-bond donors (Lipinski definition) is 1. The van der Waals surface area contributed by atoms with E-state index in [-0.39, 0.29) is 5.75 Å². The van der Waals surface area contributed by atoms with Crippen molar-refractivity contribution in [3.63, 3.8) is 0 Å². The average Bonchev–Trinajstić information content (AvgIpc) is 3.04. The molecule has 0 radical (unpaired) electrons. The molecular weight excluding hydrogens is 330 g/mol. The Kier molecular flexibility index (Phi) is 4.66. The minimum atomic E-state index is -1.40. The average molecular weight is 347 g/mol. The van der Waals surface area contributed by atoms with Crippen LogP contribution in [0, 0.1) is 0 Å². The molecule has 3 rings (SSSR count). The number of rotatable bonds is 6. The molecule has 0 saturated carbocycles. The van der Waals surface area contributed by atoms with Crippen molar-refractivity contribution in [2.75, 3.05) is 21.3 Å². The minimum Gasteiger partial charge on any atom is -0.497 e. The van der Waals surface area contributed by atoms with Crippen LogP contribution in [0.15, 0.2) is 35.6 Å². The molecule has 7 nitrogen and oxygen atoms in total. The van der Waals surface area contributed by atoms with E-state index in [2.05, 4.69) is 15.0 Å². The number of aromatic nitrogens is 3. The van der Waals surface area contributed by atoms with Crippen molar-refractivity contribution in [2.24, 2.45) is 0 Å². The molecule has 0 saturated heterocycles. The van der Waals surface area contributed by atoms with E-state index >= 15 is 0 Å². The van der Waals surface area contributed by atoms with Crippen molar-refractivity contribution < 1.29 is 18.4 Å². The first-order valence-corrected chi connectivity index (χ1v) is 8.46. The maximum atomic E-state index is 12.7. The maximum Gasteiger partial charge on any atom is 0.197 e. The van der Waals surface area contributed by atoms with E-state index < -0.39 is 10.8 Å². The Morgan fingerprint density at radius 3 is 2.67 bits per heavy atom. The third kappa shape index (κ3) is 3.05. The number of hydrogen-bond acceptors (Lipinski definition) is 6. The summed E-state index contributed by atoms with van der Waals surface area (Å²) in [6.45, 7) is 0. The molecule has 24 heavy (non-hydrogen) atoms. The van der Waals surface area contributed by atoms with Gasteiger partial charge in [-0.15, -0.1) is 0 Å². The topological polar surface area (TPSA) is 86.3 Å². The van der Waals surface area contributed by atoms with E-state index in [1.807, 2.05) is 18.2 Å². The molecule has 3 aromatic rings. The Bertz CT molecular complexity index is 894. The van der Waals surface area contributed by atoms with Gasteiger partial charge in [0.15, 0.2) is 16.7 Å². The van der Waals surface area contributed by atoms with Gasteiger partial charge in [-0.1, -0.05) is 0 Å². The summed E-state index contributed by atoms with van der Waals surface area (Å²) in [5, 5.41) is 0.380. The van der Waals surface area contributed by atoms with E-state index in [0.717, 1.165) is 11.0 Å². The lowest BCUT2D eigenvalue weighted by atomic mass is 10.3. The lowest BCUT2D eigenvalue weighted by molar-refractivity contribution is 0.350. The molecule has 0 amide bonds. The fourth-order valence-electron chi connectivity index (χ4n) is 2.35. The van der Waals surface area contributed by atoms with Crippen LogP contribution in [0.3, 0.4) is 0 Å². The highest BCUT2D eigenvalue weighted by Gasteiger charge is 2.17. The molecule has 8 heteroatoms. The van der Waals surface area contributed by atoms with Crippen LogP contribution in [-0.2, 0) is 16.6 Å². The predicted octanol–water partition coefficient (Wildman–Crippen LogP) is 2.29. The van der Waals surface area contributed by atoms with Crippen LogP contribution >= 0.6 is 0 Å². The van der Waals surface area contributed by atoms with Gasteiger partial charge in [0.05, 0.1) is 54.6 Å². The zero-order valence-electron chi connectivity index (χ0n) is 13.5. The first kappa shape index (κ1) is 16.3. The van der Waals surface area contributed by atoms with Gasteiger partial charge in [0.1, 0.15) is 5.75 Å². The monoisotopic (exact) mass is 347 g/mol. The van der Waals surface area contributed by atoms with E-state index in [1.54, 1.807) is 26.5 Å². The summed E-state index contributed by atoms with van der Waals surface area (Å²) in [6.07, 6.45) is 1.59. The standard InChI is InChI=1S/C16H17N3O4S/c1-21-10-4-5-11-12(8-10)19-16(18-11)24(20)9-13-15(23-3)14(22-2)6-7-17-13/h4-8H,9H2,1-3H3,(H,18,19). The van der Waals surface area contributed by atoms with Crippen molar-refractivity contribution in [1.29, 1.82) is 0 Å². The molecule has 126 valence electrons. The molecule has 0 fully saturated rings. The van der Waals surface area contributed by atoms with Gasteiger partial charge < -0.3 is 19.2 Å². The fraction of sp³-hybridized carbons (Fsp3) is 0.250. The van der Waals surface area contributed by atoms with Crippen molar-refractivity contribution in [3.8, 4) is 17.2 Å². The minimum absolute atomic E-state index is 0.164. The number of ether oxygens (including phenoxy) is 3. The number of nitrogens with one attached hydrogen (secondary N) is 1. The van der Waals surface area contributed by atoms with Crippen molar-refractivity contribution in [2.45, 2.75) is 10.9 Å². The number of fused-ring (bicyclic) bond motifs is 1. The van der Waals surface area contributed by atoms with E-state index in [9.17, 15) is 4.21 Å². The van der Waals surface area contributed by atoms with Gasteiger partial charge in [0, 0.05) is 18.3 Å². The number of benzene rings is 1. The number of pyridine rings is 1. The summed E-state index contributed by atoms with van der Waals surface area (Å²) < 4.78 is 28.4. The normalized spacial score (nSPS) is 12.1. The summed E-state index contributed by atoms with van der Waals surface area (Å²) in [5.74, 6) is 1.90. The molecule has 0 bridgehead atoms. The van der Waals surface area contributed by atoms with E-state index in [1.165, 1.54) is 7.11 Å². The summed E-state index contributed by atoms with van der Waals surface area (Å²) in [5.41, 5.74) is 2.04. The molecule has 0 aliphatic carbocycles. The Morgan fingerprint density at radius 2 is 1.96 bits per heavy atom. The smallest absolute Gasteiger partial charge is 0.197 e. The van der Waals surface area contributed by atoms with Crippen LogP contribution in [0.2, 0.25) is 0 Å². The highest BCUT2D eigenvalue weighted by molar-refractivity contribution is 7.84. The van der Waals surface area contributed by atoms with Gasteiger partial charge in [-0.05, 0) is 12.1 Å². The lowest BCUT2D eigenvalue weighted by Gasteiger charge is -2.10. The second-order valence-electron chi connectivity index (χ2n) is 4.91. The quantitative estimate of drug-likeness (QED) is 0.736. The molecule has 1 unspecified atom stereocenters. The summed E-state index contributed by atoms with van der Waals surface area (Å²) >= 11 is 0. The molecule has 1 N–H and O–H groups in total. The molecule has 1 atom stereocenters. The third-order valence-electron chi connectivity index (χ3n) is 3.52. The van der Waals surface area contributed by atoms with Crippen molar-refractivity contribution in [3.05, 3.63) is 36.2 Å². The molecular formula is C16H17N3O4S. The highest BCUT2D eigenvalue weighted by atomic mass is 32.2. The summed E-state index contributed by atoms with van der Waals surface area (Å²) in [7, 11) is 3.27. The van der Waals surface area contributed by atoms with Crippen LogP contribution in [0.4, 0.5) is 0 Å². The zero-order chi connectivity index (χ0) is 17.1.